The van der Waals surface area contributed by atoms with Crippen molar-refractivity contribution in [3.63, 3.8) is 0 Å². The fourth-order valence-corrected chi connectivity index (χ4v) is 0.984. The molecule has 0 amide bonds. The second-order valence-electron chi connectivity index (χ2n) is 4.22. The van der Waals surface area contributed by atoms with Crippen molar-refractivity contribution in [1.82, 2.24) is 0 Å². The number of aldehydes is 2. The summed E-state index contributed by atoms with van der Waals surface area (Å²) in [6.45, 7) is 0.553. The van der Waals surface area contributed by atoms with E-state index in [1.807, 2.05) is 0 Å². The maximum absolute atomic E-state index is 9.87. The lowest BCUT2D eigenvalue weighted by molar-refractivity contribution is -0.132. The maximum atomic E-state index is 9.87. The van der Waals surface area contributed by atoms with Gasteiger partial charge in [0.05, 0.1) is 12.7 Å². The van der Waals surface area contributed by atoms with Crippen LogP contribution in [0.25, 0.3) is 0 Å². The number of hydrogen-bond acceptors (Lipinski definition) is 10. The van der Waals surface area contributed by atoms with Crippen LogP contribution in [-0.4, -0.2) is 103 Å². The van der Waals surface area contributed by atoms with Crippen LogP contribution in [0.15, 0.2) is 0 Å². The first-order valence-corrected chi connectivity index (χ1v) is 5.91. The van der Waals surface area contributed by atoms with Crippen molar-refractivity contribution < 1.29 is 50.4 Å². The molecule has 126 valence electrons. The minimum atomic E-state index is -1.65. The molecule has 0 unspecified atom stereocenters. The molecule has 7 atom stereocenters. The van der Waals surface area contributed by atoms with E-state index in [2.05, 4.69) is 0 Å². The van der Waals surface area contributed by atoms with E-state index in [4.69, 9.17) is 40.9 Å². The lowest BCUT2D eigenvalue weighted by Crippen LogP contribution is -2.43. The second kappa shape index (κ2) is 11.7. The largest absolute Gasteiger partial charge is 0.394 e. The number of aliphatic hydroxyl groups is 8. The third-order valence-electron chi connectivity index (χ3n) is 2.40. The van der Waals surface area contributed by atoms with Gasteiger partial charge in [0.1, 0.15) is 36.6 Å². The van der Waals surface area contributed by atoms with Gasteiger partial charge in [-0.2, -0.15) is 0 Å². The topological polar surface area (TPSA) is 196 Å². The Kier molecular flexibility index (Phi) is 12.4. The van der Waals surface area contributed by atoms with Crippen molar-refractivity contribution >= 4 is 12.6 Å². The minimum absolute atomic E-state index is 0.0869. The molecule has 0 aromatic carbocycles. The normalized spacial score (nSPS) is 20.8. The van der Waals surface area contributed by atoms with Gasteiger partial charge in [-0.3, -0.25) is 0 Å². The molecule has 0 spiro atoms. The van der Waals surface area contributed by atoms with Crippen LogP contribution in [0.4, 0.5) is 0 Å². The first kappa shape index (κ1) is 22.3. The zero-order chi connectivity index (χ0) is 17.2. The molecule has 8 N–H and O–H groups in total. The number of rotatable bonds is 8. The zero-order valence-electron chi connectivity index (χ0n) is 11.3. The highest BCUT2D eigenvalue weighted by atomic mass is 16.4. The zero-order valence-corrected chi connectivity index (χ0v) is 11.3. The van der Waals surface area contributed by atoms with Crippen LogP contribution < -0.4 is 0 Å². The van der Waals surface area contributed by atoms with Gasteiger partial charge in [-0.05, 0) is 6.92 Å². The lowest BCUT2D eigenvalue weighted by Gasteiger charge is -2.21. The van der Waals surface area contributed by atoms with E-state index in [9.17, 15) is 9.59 Å². The summed E-state index contributed by atoms with van der Waals surface area (Å²) >= 11 is 0. The summed E-state index contributed by atoms with van der Waals surface area (Å²) in [5.74, 6) is 0. The Balaban J connectivity index is 0. The second-order valence-corrected chi connectivity index (χ2v) is 4.22. The van der Waals surface area contributed by atoms with Crippen LogP contribution in [0.3, 0.4) is 0 Å². The maximum Gasteiger partial charge on any atom is 0.151 e. The minimum Gasteiger partial charge on any atom is -0.394 e. The Labute approximate surface area is 120 Å². The lowest BCUT2D eigenvalue weighted by atomic mass is 10.1. The van der Waals surface area contributed by atoms with E-state index < -0.39 is 49.3 Å². The van der Waals surface area contributed by atoms with Gasteiger partial charge >= 0.3 is 0 Å². The van der Waals surface area contributed by atoms with Crippen molar-refractivity contribution in [2.45, 2.75) is 49.7 Å². The van der Waals surface area contributed by atoms with Crippen LogP contribution in [0.5, 0.6) is 0 Å². The molecule has 0 saturated heterocycles. The van der Waals surface area contributed by atoms with Crippen LogP contribution in [-0.2, 0) is 9.59 Å². The van der Waals surface area contributed by atoms with E-state index in [1.165, 1.54) is 6.92 Å². The monoisotopic (exact) mass is 314 g/mol. The van der Waals surface area contributed by atoms with Gasteiger partial charge in [0.2, 0.25) is 0 Å². The quantitative estimate of drug-likeness (QED) is 0.201. The fourth-order valence-electron chi connectivity index (χ4n) is 0.984. The molecule has 0 aliphatic rings. The van der Waals surface area contributed by atoms with Gasteiger partial charge in [-0.15, -0.1) is 0 Å². The van der Waals surface area contributed by atoms with Gasteiger partial charge in [0, 0.05) is 0 Å². The van der Waals surface area contributed by atoms with Gasteiger partial charge in [-0.25, -0.2) is 0 Å². The van der Waals surface area contributed by atoms with Gasteiger partial charge in [0.25, 0.3) is 0 Å². The first-order valence-electron chi connectivity index (χ1n) is 5.91. The molecule has 0 aliphatic heterocycles. The highest BCUT2D eigenvalue weighted by Crippen LogP contribution is 2.02. The molecular formula is C11H22O10. The van der Waals surface area contributed by atoms with Crippen LogP contribution >= 0.6 is 0 Å². The Hall–Kier alpha value is -0.980. The van der Waals surface area contributed by atoms with Gasteiger partial charge in [-0.1, -0.05) is 0 Å². The highest BCUT2D eigenvalue weighted by Gasteiger charge is 2.27. The Morgan fingerprint density at radius 3 is 1.43 bits per heavy atom. The first-order chi connectivity index (χ1) is 9.63. The molecule has 0 fully saturated rings. The van der Waals surface area contributed by atoms with Gasteiger partial charge < -0.3 is 50.4 Å². The predicted octanol–water partition coefficient (Wildman–Crippen LogP) is -5.09. The summed E-state index contributed by atoms with van der Waals surface area (Å²) in [4.78, 5) is 19.6. The number of aliphatic hydroxyl groups excluding tert-OH is 8. The molecule has 0 saturated carbocycles. The van der Waals surface area contributed by atoms with E-state index in [0.717, 1.165) is 0 Å². The SMILES string of the molecule is C[C@H](O)[C@@H](O)[C@@H](O)[C@H](O)C=O.O=C[C@H](O)[C@H](O)[C@H](O)CO. The smallest absolute Gasteiger partial charge is 0.151 e. The van der Waals surface area contributed by atoms with E-state index >= 15 is 0 Å². The van der Waals surface area contributed by atoms with Crippen molar-refractivity contribution in [3.8, 4) is 0 Å². The van der Waals surface area contributed by atoms with Crippen LogP contribution in [0.2, 0.25) is 0 Å². The Morgan fingerprint density at radius 2 is 1.14 bits per heavy atom. The third kappa shape index (κ3) is 8.80. The molecule has 10 nitrogen and oxygen atoms in total. The Morgan fingerprint density at radius 1 is 0.762 bits per heavy atom. The molecule has 21 heavy (non-hydrogen) atoms. The molecule has 0 radical (unpaired) electrons. The van der Waals surface area contributed by atoms with Crippen molar-refractivity contribution in [2.24, 2.45) is 0 Å². The molecule has 0 aromatic heterocycles. The van der Waals surface area contributed by atoms with Crippen LogP contribution in [0.1, 0.15) is 6.92 Å². The van der Waals surface area contributed by atoms with E-state index in [0.29, 0.717) is 0 Å². The molecular weight excluding hydrogens is 292 g/mol. The average molecular weight is 314 g/mol. The van der Waals surface area contributed by atoms with E-state index in [-0.39, 0.29) is 12.6 Å². The summed E-state index contributed by atoms with van der Waals surface area (Å²) < 4.78 is 0. The summed E-state index contributed by atoms with van der Waals surface area (Å²) in [5.41, 5.74) is 0. The van der Waals surface area contributed by atoms with E-state index in [1.54, 1.807) is 0 Å². The molecule has 0 bridgehead atoms. The number of carbonyl (C=O) groups is 2. The van der Waals surface area contributed by atoms with Gasteiger partial charge in [0.15, 0.2) is 12.6 Å². The standard InChI is InChI=1S/C6H12O5.C5H10O5/c1-3(8)5(10)6(11)4(9)2-7;6-1-3(8)5(10)4(9)2-7/h2-6,8-11H,1H3;1,3-5,7-10H,2H2/t3-,4+,5+,6-;3-,4+,5-/m00/s1. The predicted molar refractivity (Wildman–Crippen MR) is 66.9 cm³/mol. The molecule has 10 heteroatoms. The highest BCUT2D eigenvalue weighted by molar-refractivity contribution is 5.57. The number of carbonyl (C=O) groups excluding carboxylic acids is 2. The van der Waals surface area contributed by atoms with Crippen LogP contribution in [0, 0.1) is 0 Å². The molecule has 0 aromatic rings. The third-order valence-corrected chi connectivity index (χ3v) is 2.40. The molecule has 0 heterocycles. The molecule has 0 aliphatic carbocycles. The Bertz CT molecular complexity index is 284. The summed E-state index contributed by atoms with van der Waals surface area (Å²) in [5, 5.41) is 69.2. The van der Waals surface area contributed by atoms with Crippen molar-refractivity contribution in [1.29, 1.82) is 0 Å². The number of hydrogen-bond donors (Lipinski definition) is 8. The fraction of sp³-hybridized carbons (Fsp3) is 0.818. The van der Waals surface area contributed by atoms with Crippen molar-refractivity contribution in [2.75, 3.05) is 6.61 Å². The summed E-state index contributed by atoms with van der Waals surface area (Å²) in [7, 11) is 0. The molecule has 0 rings (SSSR count). The van der Waals surface area contributed by atoms with Crippen molar-refractivity contribution in [3.05, 3.63) is 0 Å². The average Bonchev–Trinajstić information content (AvgIpc) is 2.50. The summed E-state index contributed by atoms with van der Waals surface area (Å²) in [6, 6.07) is 0. The summed E-state index contributed by atoms with van der Waals surface area (Å²) in [6.07, 6.45) is -10.5.